The number of hydrogen-bond acceptors (Lipinski definition) is 7. The molecule has 1 aliphatic carbocycles. The Morgan fingerprint density at radius 2 is 1.67 bits per heavy atom. The number of urea groups is 2. The summed E-state index contributed by atoms with van der Waals surface area (Å²) in [4.78, 5) is 71.6. The molecule has 1 unspecified atom stereocenters. The van der Waals surface area contributed by atoms with Gasteiger partial charge in [-0.2, -0.15) is 12.6 Å². The molecule has 2 saturated heterocycles. The van der Waals surface area contributed by atoms with Crippen LogP contribution >= 0.6 is 12.6 Å². The van der Waals surface area contributed by atoms with Crippen molar-refractivity contribution >= 4 is 42.3 Å². The molecule has 4 N–H and O–H groups in total. The van der Waals surface area contributed by atoms with Crippen LogP contribution in [0.3, 0.4) is 0 Å². The Balaban J connectivity index is 1.67. The van der Waals surface area contributed by atoms with Crippen molar-refractivity contribution in [2.45, 2.75) is 97.0 Å². The van der Waals surface area contributed by atoms with Gasteiger partial charge in [0.15, 0.2) is 5.78 Å². The molecule has 2 aliphatic heterocycles. The summed E-state index contributed by atoms with van der Waals surface area (Å²) in [5, 5.41) is 11.8. The van der Waals surface area contributed by atoms with Gasteiger partial charge in [0.1, 0.15) is 12.1 Å². The minimum Gasteiger partial charge on any atom is -0.379 e. The van der Waals surface area contributed by atoms with Gasteiger partial charge in [-0.1, -0.05) is 47.6 Å². The highest BCUT2D eigenvalue weighted by Gasteiger charge is 2.43. The second-order valence-corrected chi connectivity index (χ2v) is 15.4. The molecule has 0 radical (unpaired) electrons. The van der Waals surface area contributed by atoms with Crippen LogP contribution in [-0.4, -0.2) is 114 Å². The number of nitrogens with zero attached hydrogens (tertiary/aromatic N) is 3. The minimum atomic E-state index is -0.920. The van der Waals surface area contributed by atoms with Crippen molar-refractivity contribution in [1.82, 2.24) is 36.0 Å². The molecule has 46 heavy (non-hydrogen) atoms. The molecule has 0 aromatic heterocycles. The van der Waals surface area contributed by atoms with Crippen LogP contribution in [0.1, 0.15) is 73.6 Å². The summed E-state index contributed by atoms with van der Waals surface area (Å²) in [5.41, 5.74) is 0.372. The molecular formula is C33H55N7O5S. The lowest BCUT2D eigenvalue weighted by molar-refractivity contribution is -0.141. The predicted octanol–water partition coefficient (Wildman–Crippen LogP) is 2.67. The van der Waals surface area contributed by atoms with Crippen molar-refractivity contribution in [3.8, 4) is 0 Å². The van der Waals surface area contributed by atoms with Gasteiger partial charge in [0.25, 0.3) is 0 Å². The molecular weight excluding hydrogens is 606 g/mol. The smallest absolute Gasteiger partial charge is 0.319 e. The van der Waals surface area contributed by atoms with E-state index in [2.05, 4.69) is 40.5 Å². The molecule has 0 aromatic rings. The number of carbonyl (C=O) groups is 5. The number of hydrogen-bond donors (Lipinski definition) is 5. The summed E-state index contributed by atoms with van der Waals surface area (Å²) in [7, 11) is 1.77. The van der Waals surface area contributed by atoms with Crippen LogP contribution in [0.4, 0.5) is 9.59 Å². The summed E-state index contributed by atoms with van der Waals surface area (Å²) in [5.74, 6) is -0.990. The first-order valence-corrected chi connectivity index (χ1v) is 16.9. The number of ketones is 1. The summed E-state index contributed by atoms with van der Waals surface area (Å²) < 4.78 is 0. The molecule has 258 valence electrons. The van der Waals surface area contributed by atoms with Crippen molar-refractivity contribution in [2.75, 3.05) is 46.3 Å². The topological polar surface area (TPSA) is 143 Å². The Labute approximate surface area is 279 Å². The van der Waals surface area contributed by atoms with E-state index in [9.17, 15) is 24.0 Å². The fraction of sp³-hybridized carbons (Fsp3) is 0.727. The summed E-state index contributed by atoms with van der Waals surface area (Å²) in [6.07, 6.45) is 5.27. The number of carbonyl (C=O) groups excluding carboxylic acids is 5. The monoisotopic (exact) mass is 661 g/mol. The van der Waals surface area contributed by atoms with Crippen molar-refractivity contribution in [1.29, 1.82) is 0 Å². The molecule has 13 heteroatoms. The molecule has 12 nitrogen and oxygen atoms in total. The zero-order valence-corrected chi connectivity index (χ0v) is 29.6. The Morgan fingerprint density at radius 1 is 0.978 bits per heavy atom. The number of thiol groups is 1. The van der Waals surface area contributed by atoms with E-state index in [1.165, 1.54) is 4.90 Å². The lowest BCUT2D eigenvalue weighted by atomic mass is 9.85. The van der Waals surface area contributed by atoms with Crippen LogP contribution in [0.5, 0.6) is 0 Å². The van der Waals surface area contributed by atoms with Gasteiger partial charge >= 0.3 is 12.1 Å². The zero-order valence-electron chi connectivity index (χ0n) is 28.7. The van der Waals surface area contributed by atoms with Crippen molar-refractivity contribution in [3.63, 3.8) is 0 Å². The van der Waals surface area contributed by atoms with E-state index in [0.717, 1.165) is 24.8 Å². The van der Waals surface area contributed by atoms with E-state index < -0.39 is 29.4 Å². The van der Waals surface area contributed by atoms with Gasteiger partial charge < -0.3 is 36.0 Å². The second-order valence-electron chi connectivity index (χ2n) is 14.8. The Bertz CT molecular complexity index is 1210. The highest BCUT2D eigenvalue weighted by atomic mass is 32.1. The molecule has 0 aromatic carbocycles. The lowest BCUT2D eigenvalue weighted by Crippen LogP contribution is -2.62. The van der Waals surface area contributed by atoms with Gasteiger partial charge in [-0.05, 0) is 48.5 Å². The molecule has 3 aliphatic rings. The molecule has 0 spiro atoms. The summed E-state index contributed by atoms with van der Waals surface area (Å²) >= 11 is 4.53. The van der Waals surface area contributed by atoms with E-state index in [-0.39, 0.29) is 41.0 Å². The van der Waals surface area contributed by atoms with Gasteiger partial charge in [0, 0.05) is 45.0 Å². The highest BCUT2D eigenvalue weighted by Crippen LogP contribution is 2.33. The molecule has 0 bridgehead atoms. The molecule has 3 fully saturated rings. The van der Waals surface area contributed by atoms with Gasteiger partial charge in [-0.3, -0.25) is 14.4 Å². The lowest BCUT2D eigenvalue weighted by Gasteiger charge is -2.40. The Kier molecular flexibility index (Phi) is 12.6. The van der Waals surface area contributed by atoms with Crippen LogP contribution < -0.4 is 21.3 Å². The van der Waals surface area contributed by atoms with Gasteiger partial charge in [-0.15, -0.1) is 6.58 Å². The SMILES string of the molecule is C=CCNC(C(=O)CNC(=O)[C@@H]1CCCN1C(=O)[C@@H](NC(=O)N[C@H](CN1CCCN(C)C1=O)C(C)(C)C)C(C)(C)C)=C1CCC1S. The maximum absolute atomic E-state index is 14.0. The largest absolute Gasteiger partial charge is 0.379 e. The molecule has 6 amide bonds. The number of nitrogens with one attached hydrogen (secondary N) is 4. The maximum atomic E-state index is 14.0. The summed E-state index contributed by atoms with van der Waals surface area (Å²) in [6, 6.07) is -2.63. The number of likely N-dealkylation sites (tertiary alicyclic amines) is 1. The van der Waals surface area contributed by atoms with Crippen molar-refractivity contribution < 1.29 is 24.0 Å². The van der Waals surface area contributed by atoms with Crippen molar-refractivity contribution in [3.05, 3.63) is 23.9 Å². The fourth-order valence-electron chi connectivity index (χ4n) is 5.95. The maximum Gasteiger partial charge on any atom is 0.319 e. The molecule has 2 heterocycles. The van der Waals surface area contributed by atoms with Gasteiger partial charge in [0.05, 0.1) is 18.3 Å². The van der Waals surface area contributed by atoms with E-state index in [4.69, 9.17) is 0 Å². The van der Waals surface area contributed by atoms with Crippen LogP contribution in [0.2, 0.25) is 0 Å². The van der Waals surface area contributed by atoms with E-state index in [1.54, 1.807) is 22.9 Å². The molecule has 1 saturated carbocycles. The third-order valence-electron chi connectivity index (χ3n) is 9.03. The Morgan fingerprint density at radius 3 is 2.24 bits per heavy atom. The number of Topliss-reactive ketones (excluding diaryl/α,β-unsaturated/α-hetero) is 1. The quantitative estimate of drug-likeness (QED) is 0.124. The highest BCUT2D eigenvalue weighted by molar-refractivity contribution is 7.81. The number of amides is 6. The van der Waals surface area contributed by atoms with Gasteiger partial charge in [-0.25, -0.2) is 9.59 Å². The first-order chi connectivity index (χ1) is 21.4. The van der Waals surface area contributed by atoms with Crippen LogP contribution in [0.25, 0.3) is 0 Å². The zero-order chi connectivity index (χ0) is 34.4. The standard InChI is InChI=1S/C33H55N7O5S/c1-9-15-34-26(21-13-14-24(21)46)23(41)19-35-28(42)22-12-10-18-40(22)29(43)27(33(5,6)7)37-30(44)36-25(32(2,3)4)20-39-17-11-16-38(8)31(39)45/h9,22,24-25,27,34,46H,1,10-20H2,2-8H3,(H,35,42)(H2,36,37,44)/t22-,24?,25+,27+/m0/s1. The Hall–Kier alpha value is -3.22. The average molecular weight is 662 g/mol. The third kappa shape index (κ3) is 9.42. The van der Waals surface area contributed by atoms with E-state index >= 15 is 0 Å². The number of rotatable bonds is 12. The van der Waals surface area contributed by atoms with Gasteiger partial charge in [0.2, 0.25) is 11.8 Å². The minimum absolute atomic E-state index is 0.0154. The summed E-state index contributed by atoms with van der Waals surface area (Å²) in [6.45, 7) is 17.5. The second kappa shape index (κ2) is 15.6. The van der Waals surface area contributed by atoms with Crippen LogP contribution in [0.15, 0.2) is 23.9 Å². The normalized spacial score (nSPS) is 22.8. The molecule has 4 atom stereocenters. The van der Waals surface area contributed by atoms with Crippen LogP contribution in [-0.2, 0) is 14.4 Å². The van der Waals surface area contributed by atoms with E-state index in [1.807, 2.05) is 41.5 Å². The first kappa shape index (κ1) is 37.2. The average Bonchev–Trinajstić information content (AvgIpc) is 3.46. The molecule has 3 rings (SSSR count). The predicted molar refractivity (Wildman–Crippen MR) is 182 cm³/mol. The van der Waals surface area contributed by atoms with Crippen LogP contribution in [0, 0.1) is 10.8 Å². The fourth-order valence-corrected chi connectivity index (χ4v) is 6.34. The first-order valence-electron chi connectivity index (χ1n) is 16.4. The van der Waals surface area contributed by atoms with Crippen molar-refractivity contribution in [2.24, 2.45) is 10.8 Å². The van der Waals surface area contributed by atoms with E-state index in [0.29, 0.717) is 51.3 Å². The third-order valence-corrected chi connectivity index (χ3v) is 9.60.